The average molecular weight is 313 g/mol. The van der Waals surface area contributed by atoms with Gasteiger partial charge in [-0.15, -0.1) is 12.4 Å². The Balaban J connectivity index is 0.00000161. The molecule has 2 aliphatic heterocycles. The second-order valence-electron chi connectivity index (χ2n) is 5.46. The van der Waals surface area contributed by atoms with Gasteiger partial charge in [-0.1, -0.05) is 0 Å². The van der Waals surface area contributed by atoms with Crippen LogP contribution in [0, 0.1) is 11.8 Å². The molecule has 21 heavy (non-hydrogen) atoms. The number of carbonyl (C=O) groups is 1. The maximum Gasteiger partial charge on any atom is 0.226 e. The van der Waals surface area contributed by atoms with Crippen LogP contribution in [0.4, 0.5) is 0 Å². The van der Waals surface area contributed by atoms with Gasteiger partial charge in [-0.2, -0.15) is 0 Å². The third kappa shape index (κ3) is 3.60. The quantitative estimate of drug-likeness (QED) is 0.871. The van der Waals surface area contributed by atoms with E-state index in [2.05, 4.69) is 10.6 Å². The van der Waals surface area contributed by atoms with Crippen molar-refractivity contribution in [3.05, 3.63) is 23.8 Å². The number of halogens is 1. The lowest BCUT2D eigenvalue weighted by Crippen LogP contribution is -2.49. The molecule has 0 aliphatic carbocycles. The monoisotopic (exact) mass is 312 g/mol. The maximum atomic E-state index is 12.2. The minimum Gasteiger partial charge on any atom is -0.497 e. The lowest BCUT2D eigenvalue weighted by Gasteiger charge is -2.29. The zero-order valence-electron chi connectivity index (χ0n) is 12.1. The SMILES string of the molecule is COc1ccc2c(c1)CC(C(=O)NCC1CNC1)CO2.Cl. The molecule has 116 valence electrons. The lowest BCUT2D eigenvalue weighted by molar-refractivity contribution is -0.126. The molecule has 0 radical (unpaired) electrons. The lowest BCUT2D eigenvalue weighted by atomic mass is 9.95. The van der Waals surface area contributed by atoms with Crippen molar-refractivity contribution in [3.8, 4) is 11.5 Å². The van der Waals surface area contributed by atoms with Gasteiger partial charge >= 0.3 is 0 Å². The molecule has 0 aromatic heterocycles. The Labute approximate surface area is 130 Å². The molecule has 1 atom stereocenters. The van der Waals surface area contributed by atoms with E-state index in [1.165, 1.54) is 0 Å². The second-order valence-corrected chi connectivity index (χ2v) is 5.46. The van der Waals surface area contributed by atoms with Crippen LogP contribution in [0.15, 0.2) is 18.2 Å². The number of fused-ring (bicyclic) bond motifs is 1. The number of hydrogen-bond acceptors (Lipinski definition) is 4. The summed E-state index contributed by atoms with van der Waals surface area (Å²) < 4.78 is 10.9. The Hall–Kier alpha value is -1.46. The summed E-state index contributed by atoms with van der Waals surface area (Å²) in [5.41, 5.74) is 1.04. The third-order valence-corrected chi connectivity index (χ3v) is 3.98. The van der Waals surface area contributed by atoms with Crippen LogP contribution in [-0.4, -0.2) is 39.3 Å². The van der Waals surface area contributed by atoms with E-state index in [0.717, 1.165) is 36.7 Å². The van der Waals surface area contributed by atoms with Gasteiger partial charge in [-0.05, 0) is 30.2 Å². The van der Waals surface area contributed by atoms with Gasteiger partial charge in [0, 0.05) is 25.6 Å². The van der Waals surface area contributed by atoms with E-state index in [4.69, 9.17) is 9.47 Å². The molecule has 0 bridgehead atoms. The van der Waals surface area contributed by atoms with E-state index in [9.17, 15) is 4.79 Å². The van der Waals surface area contributed by atoms with Crippen LogP contribution >= 0.6 is 12.4 Å². The van der Waals surface area contributed by atoms with Crippen molar-refractivity contribution in [1.82, 2.24) is 10.6 Å². The Kier molecular flexibility index (Phi) is 5.31. The fraction of sp³-hybridized carbons (Fsp3) is 0.533. The van der Waals surface area contributed by atoms with Gasteiger partial charge < -0.3 is 20.1 Å². The van der Waals surface area contributed by atoms with Crippen molar-refractivity contribution in [3.63, 3.8) is 0 Å². The molecule has 1 fully saturated rings. The number of hydrogen-bond donors (Lipinski definition) is 2. The van der Waals surface area contributed by atoms with Crippen LogP contribution in [0.1, 0.15) is 5.56 Å². The van der Waals surface area contributed by atoms with Crippen LogP contribution in [0.25, 0.3) is 0 Å². The van der Waals surface area contributed by atoms with E-state index >= 15 is 0 Å². The molecule has 1 amide bonds. The minimum atomic E-state index is -0.109. The van der Waals surface area contributed by atoms with Gasteiger partial charge in [-0.25, -0.2) is 0 Å². The Bertz CT molecular complexity index is 506. The van der Waals surface area contributed by atoms with E-state index in [-0.39, 0.29) is 24.2 Å². The summed E-state index contributed by atoms with van der Waals surface area (Å²) in [5, 5.41) is 6.22. The standard InChI is InChI=1S/C15H20N2O3.ClH/c1-19-13-2-3-14-11(5-13)4-12(9-20-14)15(18)17-8-10-6-16-7-10;/h2-3,5,10,12,16H,4,6-9H2,1H3,(H,17,18);1H. The molecule has 2 aliphatic rings. The smallest absolute Gasteiger partial charge is 0.226 e. The first-order valence-electron chi connectivity index (χ1n) is 7.04. The number of ether oxygens (including phenoxy) is 2. The zero-order valence-corrected chi connectivity index (χ0v) is 12.9. The van der Waals surface area contributed by atoms with Gasteiger partial charge in [0.1, 0.15) is 18.1 Å². The fourth-order valence-electron chi connectivity index (χ4n) is 2.55. The molecule has 5 nitrogen and oxygen atoms in total. The number of amides is 1. The molecule has 6 heteroatoms. The molecular weight excluding hydrogens is 292 g/mol. The molecule has 1 unspecified atom stereocenters. The topological polar surface area (TPSA) is 59.6 Å². The molecular formula is C15H21ClN2O3. The maximum absolute atomic E-state index is 12.2. The van der Waals surface area contributed by atoms with Crippen molar-refractivity contribution in [1.29, 1.82) is 0 Å². The summed E-state index contributed by atoms with van der Waals surface area (Å²) >= 11 is 0. The highest BCUT2D eigenvalue weighted by atomic mass is 35.5. The molecule has 3 rings (SSSR count). The highest BCUT2D eigenvalue weighted by molar-refractivity contribution is 5.85. The Morgan fingerprint density at radius 2 is 2.29 bits per heavy atom. The molecule has 1 saturated heterocycles. The van der Waals surface area contributed by atoms with E-state index in [0.29, 0.717) is 18.9 Å². The summed E-state index contributed by atoms with van der Waals surface area (Å²) in [6, 6.07) is 5.73. The number of benzene rings is 1. The first-order valence-corrected chi connectivity index (χ1v) is 7.04. The number of rotatable bonds is 4. The van der Waals surface area contributed by atoms with Crippen molar-refractivity contribution in [2.45, 2.75) is 6.42 Å². The summed E-state index contributed by atoms with van der Waals surface area (Å²) in [6.45, 7) is 3.21. The second kappa shape index (κ2) is 7.00. The molecule has 2 heterocycles. The summed E-state index contributed by atoms with van der Waals surface area (Å²) in [4.78, 5) is 12.2. The number of carbonyl (C=O) groups excluding carboxylic acids is 1. The van der Waals surface area contributed by atoms with Gasteiger partial charge in [0.15, 0.2) is 0 Å². The van der Waals surface area contributed by atoms with Gasteiger partial charge in [0.05, 0.1) is 13.0 Å². The zero-order chi connectivity index (χ0) is 13.9. The highest BCUT2D eigenvalue weighted by Gasteiger charge is 2.27. The van der Waals surface area contributed by atoms with Crippen molar-refractivity contribution < 1.29 is 14.3 Å². The fourth-order valence-corrected chi connectivity index (χ4v) is 2.55. The number of methoxy groups -OCH3 is 1. The predicted molar refractivity (Wildman–Crippen MR) is 82.3 cm³/mol. The van der Waals surface area contributed by atoms with Crippen LogP contribution in [-0.2, 0) is 11.2 Å². The normalized spacial score (nSPS) is 20.3. The van der Waals surface area contributed by atoms with E-state index in [1.54, 1.807) is 7.11 Å². The first-order chi connectivity index (χ1) is 9.76. The Morgan fingerprint density at radius 1 is 1.48 bits per heavy atom. The predicted octanol–water partition coefficient (Wildman–Crippen LogP) is 1.00. The van der Waals surface area contributed by atoms with Gasteiger partial charge in [-0.3, -0.25) is 4.79 Å². The molecule has 0 saturated carbocycles. The third-order valence-electron chi connectivity index (χ3n) is 3.98. The summed E-state index contributed by atoms with van der Waals surface area (Å²) in [7, 11) is 1.64. The van der Waals surface area contributed by atoms with Crippen LogP contribution in [0.2, 0.25) is 0 Å². The minimum absolute atomic E-state index is 0. The molecule has 2 N–H and O–H groups in total. The van der Waals surface area contributed by atoms with Crippen LogP contribution in [0.5, 0.6) is 11.5 Å². The van der Waals surface area contributed by atoms with Gasteiger partial charge in [0.2, 0.25) is 5.91 Å². The van der Waals surface area contributed by atoms with Crippen molar-refractivity contribution >= 4 is 18.3 Å². The Morgan fingerprint density at radius 3 is 2.95 bits per heavy atom. The van der Waals surface area contributed by atoms with Gasteiger partial charge in [0.25, 0.3) is 0 Å². The van der Waals surface area contributed by atoms with E-state index in [1.807, 2.05) is 18.2 Å². The molecule has 1 aromatic carbocycles. The highest BCUT2D eigenvalue weighted by Crippen LogP contribution is 2.30. The largest absolute Gasteiger partial charge is 0.497 e. The van der Waals surface area contributed by atoms with Crippen molar-refractivity contribution in [2.75, 3.05) is 33.4 Å². The summed E-state index contributed by atoms with van der Waals surface area (Å²) in [5.74, 6) is 2.22. The van der Waals surface area contributed by atoms with Crippen molar-refractivity contribution in [2.24, 2.45) is 11.8 Å². The number of nitrogens with one attached hydrogen (secondary N) is 2. The van der Waals surface area contributed by atoms with Crippen LogP contribution in [0.3, 0.4) is 0 Å². The first kappa shape index (κ1) is 15.9. The molecule has 1 aromatic rings. The average Bonchev–Trinajstić information content (AvgIpc) is 2.44. The van der Waals surface area contributed by atoms with Crippen LogP contribution < -0.4 is 20.1 Å². The van der Waals surface area contributed by atoms with E-state index < -0.39 is 0 Å². The summed E-state index contributed by atoms with van der Waals surface area (Å²) in [6.07, 6.45) is 0.710. The molecule has 0 spiro atoms.